The van der Waals surface area contributed by atoms with Crippen molar-refractivity contribution in [1.29, 1.82) is 0 Å². The van der Waals surface area contributed by atoms with Crippen molar-refractivity contribution in [3.8, 4) is 0 Å². The van der Waals surface area contributed by atoms with Gasteiger partial charge in [-0.05, 0) is 30.5 Å². The number of nitrogens with two attached hydrogens (primary N) is 1. The van der Waals surface area contributed by atoms with Crippen molar-refractivity contribution in [3.63, 3.8) is 0 Å². The van der Waals surface area contributed by atoms with Gasteiger partial charge in [-0.1, -0.05) is 37.3 Å². The summed E-state index contributed by atoms with van der Waals surface area (Å²) >= 11 is 5.86. The van der Waals surface area contributed by atoms with Crippen LogP contribution in [0.3, 0.4) is 0 Å². The average molecular weight is 295 g/mol. The highest BCUT2D eigenvalue weighted by atomic mass is 35.5. The van der Waals surface area contributed by atoms with Crippen molar-refractivity contribution in [2.75, 3.05) is 5.32 Å². The Balaban J connectivity index is 1.90. The van der Waals surface area contributed by atoms with Crippen LogP contribution in [0.4, 0.5) is 5.69 Å². The van der Waals surface area contributed by atoms with E-state index in [1.807, 2.05) is 0 Å². The molecule has 1 fully saturated rings. The minimum atomic E-state index is -0.600. The standard InChI is InChI=1S/C15H19ClN2O2/c16-13-7-6-11(9-12(13)15(17)20)18-14(19)8-5-10-3-1-2-4-10/h6-7,9-10H,1-5,8H2,(H2,17,20)(H,18,19). The highest BCUT2D eigenvalue weighted by Gasteiger charge is 2.16. The van der Waals surface area contributed by atoms with E-state index in [2.05, 4.69) is 5.32 Å². The molecule has 3 N–H and O–H groups in total. The van der Waals surface area contributed by atoms with E-state index < -0.39 is 5.91 Å². The predicted octanol–water partition coefficient (Wildman–Crippen LogP) is 3.35. The molecule has 0 saturated heterocycles. The van der Waals surface area contributed by atoms with E-state index in [9.17, 15) is 9.59 Å². The van der Waals surface area contributed by atoms with E-state index in [0.29, 0.717) is 23.0 Å². The molecule has 0 unspecified atom stereocenters. The van der Waals surface area contributed by atoms with E-state index in [1.54, 1.807) is 12.1 Å². The lowest BCUT2D eigenvalue weighted by Gasteiger charge is -2.10. The molecule has 1 aromatic carbocycles. The summed E-state index contributed by atoms with van der Waals surface area (Å²) in [6.45, 7) is 0. The first-order valence-corrected chi connectivity index (χ1v) is 7.33. The number of hydrogen-bond acceptors (Lipinski definition) is 2. The molecule has 1 aliphatic rings. The van der Waals surface area contributed by atoms with E-state index in [-0.39, 0.29) is 11.5 Å². The number of carbonyl (C=O) groups is 2. The SMILES string of the molecule is NC(=O)c1cc(NC(=O)CCC2CCCC2)ccc1Cl. The lowest BCUT2D eigenvalue weighted by Crippen LogP contribution is -2.15. The van der Waals surface area contributed by atoms with Crippen molar-refractivity contribution < 1.29 is 9.59 Å². The van der Waals surface area contributed by atoms with Crippen LogP contribution >= 0.6 is 11.6 Å². The molecule has 1 aliphatic carbocycles. The minimum Gasteiger partial charge on any atom is -0.366 e. The smallest absolute Gasteiger partial charge is 0.250 e. The van der Waals surface area contributed by atoms with Crippen molar-refractivity contribution >= 4 is 29.1 Å². The number of halogens is 1. The summed E-state index contributed by atoms with van der Waals surface area (Å²) in [5.74, 6) is 0.0545. The van der Waals surface area contributed by atoms with Gasteiger partial charge < -0.3 is 11.1 Å². The second-order valence-electron chi connectivity index (χ2n) is 5.30. The second kappa shape index (κ2) is 6.75. The van der Waals surface area contributed by atoms with Gasteiger partial charge in [-0.3, -0.25) is 9.59 Å². The highest BCUT2D eigenvalue weighted by Crippen LogP contribution is 2.28. The lowest BCUT2D eigenvalue weighted by molar-refractivity contribution is -0.116. The summed E-state index contributed by atoms with van der Waals surface area (Å²) in [6.07, 6.45) is 6.48. The molecule has 1 aromatic rings. The van der Waals surface area contributed by atoms with Crippen molar-refractivity contribution in [2.24, 2.45) is 11.7 Å². The molecular formula is C15H19ClN2O2. The number of nitrogens with one attached hydrogen (secondary N) is 1. The van der Waals surface area contributed by atoms with E-state index in [1.165, 1.54) is 31.7 Å². The molecule has 0 radical (unpaired) electrons. The average Bonchev–Trinajstić information content (AvgIpc) is 2.91. The summed E-state index contributed by atoms with van der Waals surface area (Å²) < 4.78 is 0. The lowest BCUT2D eigenvalue weighted by atomic mass is 10.0. The number of benzene rings is 1. The van der Waals surface area contributed by atoms with Gasteiger partial charge in [0.1, 0.15) is 0 Å². The Hall–Kier alpha value is -1.55. The third-order valence-electron chi connectivity index (χ3n) is 3.77. The largest absolute Gasteiger partial charge is 0.366 e. The van der Waals surface area contributed by atoms with Crippen LogP contribution in [0.15, 0.2) is 18.2 Å². The van der Waals surface area contributed by atoms with Crippen molar-refractivity contribution in [2.45, 2.75) is 38.5 Å². The van der Waals surface area contributed by atoms with Crippen molar-refractivity contribution in [3.05, 3.63) is 28.8 Å². The number of carbonyl (C=O) groups excluding carboxylic acids is 2. The molecule has 2 amide bonds. The fraction of sp³-hybridized carbons (Fsp3) is 0.467. The van der Waals surface area contributed by atoms with Gasteiger partial charge in [0.05, 0.1) is 10.6 Å². The predicted molar refractivity (Wildman–Crippen MR) is 79.8 cm³/mol. The van der Waals surface area contributed by atoms with Gasteiger partial charge >= 0.3 is 0 Å². The maximum atomic E-state index is 11.9. The topological polar surface area (TPSA) is 72.2 Å². The fourth-order valence-electron chi connectivity index (χ4n) is 2.65. The van der Waals surface area contributed by atoms with E-state index in [4.69, 9.17) is 17.3 Å². The number of primary amides is 1. The first kappa shape index (κ1) is 14.9. The van der Waals surface area contributed by atoms with Gasteiger partial charge in [-0.2, -0.15) is 0 Å². The molecule has 2 rings (SSSR count). The molecule has 4 nitrogen and oxygen atoms in total. The summed E-state index contributed by atoms with van der Waals surface area (Å²) in [5.41, 5.74) is 6.00. The van der Waals surface area contributed by atoms with Gasteiger partial charge in [0, 0.05) is 12.1 Å². The molecule has 0 aromatic heterocycles. The highest BCUT2D eigenvalue weighted by molar-refractivity contribution is 6.33. The number of amides is 2. The molecule has 0 spiro atoms. The van der Waals surface area contributed by atoms with Crippen LogP contribution in [0.25, 0.3) is 0 Å². The van der Waals surface area contributed by atoms with Gasteiger partial charge in [-0.15, -0.1) is 0 Å². The zero-order valence-electron chi connectivity index (χ0n) is 11.3. The maximum absolute atomic E-state index is 11.9. The molecule has 20 heavy (non-hydrogen) atoms. The van der Waals surface area contributed by atoms with Gasteiger partial charge in [0.2, 0.25) is 11.8 Å². The van der Waals surface area contributed by atoms with Crippen LogP contribution in [0, 0.1) is 5.92 Å². The Morgan fingerprint density at radius 1 is 1.30 bits per heavy atom. The maximum Gasteiger partial charge on any atom is 0.250 e. The first-order chi connectivity index (χ1) is 9.56. The van der Waals surface area contributed by atoms with Crippen LogP contribution in [-0.4, -0.2) is 11.8 Å². The minimum absolute atomic E-state index is 0.0327. The normalized spacial score (nSPS) is 15.2. The molecule has 5 heteroatoms. The van der Waals surface area contributed by atoms with Crippen LogP contribution in [0.1, 0.15) is 48.9 Å². The second-order valence-corrected chi connectivity index (χ2v) is 5.70. The van der Waals surface area contributed by atoms with Gasteiger partial charge in [0.25, 0.3) is 0 Å². The Morgan fingerprint density at radius 3 is 2.65 bits per heavy atom. The summed E-state index contributed by atoms with van der Waals surface area (Å²) in [4.78, 5) is 23.1. The van der Waals surface area contributed by atoms with E-state index >= 15 is 0 Å². The van der Waals surface area contributed by atoms with Crippen LogP contribution in [0.5, 0.6) is 0 Å². The van der Waals surface area contributed by atoms with Gasteiger partial charge in [-0.25, -0.2) is 0 Å². The molecule has 0 heterocycles. The Morgan fingerprint density at radius 2 is 2.00 bits per heavy atom. The van der Waals surface area contributed by atoms with Crippen molar-refractivity contribution in [1.82, 2.24) is 0 Å². The fourth-order valence-corrected chi connectivity index (χ4v) is 2.86. The molecule has 1 saturated carbocycles. The van der Waals surface area contributed by atoms with Crippen LogP contribution in [-0.2, 0) is 4.79 Å². The Labute approximate surface area is 123 Å². The Bertz CT molecular complexity index is 511. The summed E-state index contributed by atoms with van der Waals surface area (Å²) in [5, 5.41) is 3.08. The number of anilines is 1. The summed E-state index contributed by atoms with van der Waals surface area (Å²) in [7, 11) is 0. The molecule has 0 aliphatic heterocycles. The molecule has 0 bridgehead atoms. The molecule has 0 atom stereocenters. The first-order valence-electron chi connectivity index (χ1n) is 6.95. The Kier molecular flexibility index (Phi) is 5.01. The van der Waals surface area contributed by atoms with E-state index in [0.717, 1.165) is 6.42 Å². The zero-order chi connectivity index (χ0) is 14.5. The number of hydrogen-bond donors (Lipinski definition) is 2. The molecule has 108 valence electrons. The monoisotopic (exact) mass is 294 g/mol. The third kappa shape index (κ3) is 3.97. The third-order valence-corrected chi connectivity index (χ3v) is 4.10. The summed E-state index contributed by atoms with van der Waals surface area (Å²) in [6, 6.07) is 4.74. The van der Waals surface area contributed by atoms with Gasteiger partial charge in [0.15, 0.2) is 0 Å². The molecular weight excluding hydrogens is 276 g/mol. The zero-order valence-corrected chi connectivity index (χ0v) is 12.1. The van der Waals surface area contributed by atoms with Crippen LogP contribution < -0.4 is 11.1 Å². The quantitative estimate of drug-likeness (QED) is 0.874. The van der Waals surface area contributed by atoms with Crippen LogP contribution in [0.2, 0.25) is 5.02 Å². The number of rotatable bonds is 5.